The maximum atomic E-state index is 12.0. The number of carboxylic acid groups (broad SMARTS) is 1. The number of carbonyl (C=O) groups is 1. The van der Waals surface area contributed by atoms with E-state index in [1.165, 1.54) is 13.0 Å². The van der Waals surface area contributed by atoms with Gasteiger partial charge >= 0.3 is 5.97 Å². The van der Waals surface area contributed by atoms with Crippen molar-refractivity contribution < 1.29 is 18.3 Å². The van der Waals surface area contributed by atoms with Gasteiger partial charge in [-0.1, -0.05) is 13.0 Å². The van der Waals surface area contributed by atoms with Crippen LogP contribution in [0.15, 0.2) is 27.6 Å². The Morgan fingerprint density at radius 3 is 2.61 bits per heavy atom. The lowest BCUT2D eigenvalue weighted by atomic mass is 10.2. The van der Waals surface area contributed by atoms with E-state index in [4.69, 9.17) is 5.11 Å². The molecule has 0 bridgehead atoms. The van der Waals surface area contributed by atoms with E-state index in [9.17, 15) is 13.2 Å². The molecule has 1 rings (SSSR count). The highest BCUT2D eigenvalue weighted by atomic mass is 79.9. The predicted octanol–water partition coefficient (Wildman–Crippen LogP) is 1.76. The van der Waals surface area contributed by atoms with Gasteiger partial charge in [0, 0.05) is 11.0 Å². The zero-order valence-corrected chi connectivity index (χ0v) is 12.4. The molecule has 0 aliphatic heterocycles. The SMILES string of the molecule is Cc1ccc(S(=O)(=O)NCC(C)C(=O)O)c(Br)c1. The molecule has 0 saturated heterocycles. The van der Waals surface area contributed by atoms with Gasteiger partial charge in [-0.05, 0) is 40.5 Å². The van der Waals surface area contributed by atoms with E-state index in [2.05, 4.69) is 20.7 Å². The molecule has 7 heteroatoms. The third-order valence-corrected chi connectivity index (χ3v) is 4.78. The molecule has 0 heterocycles. The number of nitrogens with one attached hydrogen (secondary N) is 1. The predicted molar refractivity (Wildman–Crippen MR) is 70.9 cm³/mol. The lowest BCUT2D eigenvalue weighted by molar-refractivity contribution is -0.140. The molecule has 0 aliphatic rings. The smallest absolute Gasteiger partial charge is 0.307 e. The summed E-state index contributed by atoms with van der Waals surface area (Å²) in [7, 11) is -3.70. The highest BCUT2D eigenvalue weighted by Crippen LogP contribution is 2.22. The quantitative estimate of drug-likeness (QED) is 0.858. The second kappa shape index (κ2) is 5.81. The Bertz CT molecular complexity index is 556. The first-order valence-electron chi connectivity index (χ1n) is 5.22. The monoisotopic (exact) mass is 335 g/mol. The first kappa shape index (κ1) is 15.1. The number of aliphatic carboxylic acids is 1. The van der Waals surface area contributed by atoms with E-state index in [0.717, 1.165) is 5.56 Å². The van der Waals surface area contributed by atoms with Crippen molar-refractivity contribution >= 4 is 31.9 Å². The summed E-state index contributed by atoms with van der Waals surface area (Å²) in [5.41, 5.74) is 0.930. The molecular formula is C11H14BrNO4S. The zero-order chi connectivity index (χ0) is 13.9. The van der Waals surface area contributed by atoms with Crippen molar-refractivity contribution in [1.29, 1.82) is 0 Å². The number of carboxylic acids is 1. The summed E-state index contributed by atoms with van der Waals surface area (Å²) in [6, 6.07) is 4.85. The zero-order valence-electron chi connectivity index (χ0n) is 9.97. The van der Waals surface area contributed by atoms with Crippen LogP contribution in [0.3, 0.4) is 0 Å². The Balaban J connectivity index is 2.90. The highest BCUT2D eigenvalue weighted by molar-refractivity contribution is 9.10. The molecular weight excluding hydrogens is 322 g/mol. The van der Waals surface area contributed by atoms with Crippen LogP contribution in [0.5, 0.6) is 0 Å². The number of benzene rings is 1. The Hall–Kier alpha value is -0.920. The van der Waals surface area contributed by atoms with Gasteiger partial charge in [0.15, 0.2) is 0 Å². The average molecular weight is 336 g/mol. The van der Waals surface area contributed by atoms with Crippen molar-refractivity contribution in [1.82, 2.24) is 4.72 Å². The lowest BCUT2D eigenvalue weighted by Crippen LogP contribution is -2.31. The van der Waals surface area contributed by atoms with Crippen LogP contribution in [0.4, 0.5) is 0 Å². The second-order valence-electron chi connectivity index (χ2n) is 4.03. The maximum absolute atomic E-state index is 12.0. The third kappa shape index (κ3) is 3.79. The number of sulfonamides is 1. The fraction of sp³-hybridized carbons (Fsp3) is 0.364. The van der Waals surface area contributed by atoms with Gasteiger partial charge in [0.1, 0.15) is 0 Å². The largest absolute Gasteiger partial charge is 0.481 e. The van der Waals surface area contributed by atoms with Gasteiger partial charge in [-0.2, -0.15) is 0 Å². The molecule has 0 aliphatic carbocycles. The number of hydrogen-bond donors (Lipinski definition) is 2. The Kier molecular flexibility index (Phi) is 4.89. The topological polar surface area (TPSA) is 83.5 Å². The minimum atomic E-state index is -3.70. The first-order valence-corrected chi connectivity index (χ1v) is 7.50. The van der Waals surface area contributed by atoms with Crippen molar-refractivity contribution in [2.24, 2.45) is 5.92 Å². The van der Waals surface area contributed by atoms with E-state index in [1.807, 2.05) is 6.92 Å². The Morgan fingerprint density at radius 2 is 2.11 bits per heavy atom. The van der Waals surface area contributed by atoms with Crippen LogP contribution in [0, 0.1) is 12.8 Å². The summed E-state index contributed by atoms with van der Waals surface area (Å²) >= 11 is 3.18. The molecule has 5 nitrogen and oxygen atoms in total. The molecule has 0 aromatic heterocycles. The van der Waals surface area contributed by atoms with E-state index in [0.29, 0.717) is 4.47 Å². The first-order chi connectivity index (χ1) is 8.24. The minimum absolute atomic E-state index is 0.102. The summed E-state index contributed by atoms with van der Waals surface area (Å²) in [4.78, 5) is 10.7. The van der Waals surface area contributed by atoms with Crippen LogP contribution in [-0.4, -0.2) is 26.0 Å². The minimum Gasteiger partial charge on any atom is -0.481 e. The summed E-state index contributed by atoms with van der Waals surface area (Å²) < 4.78 is 26.6. The number of rotatable bonds is 5. The highest BCUT2D eigenvalue weighted by Gasteiger charge is 2.20. The van der Waals surface area contributed by atoms with Gasteiger partial charge in [0.25, 0.3) is 0 Å². The van der Waals surface area contributed by atoms with Gasteiger partial charge in [-0.3, -0.25) is 4.79 Å². The normalized spacial score (nSPS) is 13.3. The van der Waals surface area contributed by atoms with E-state index >= 15 is 0 Å². The number of halogens is 1. The summed E-state index contributed by atoms with van der Waals surface area (Å²) in [6.07, 6.45) is 0. The molecule has 18 heavy (non-hydrogen) atoms. The molecule has 0 radical (unpaired) electrons. The van der Waals surface area contributed by atoms with Crippen molar-refractivity contribution in [3.05, 3.63) is 28.2 Å². The summed E-state index contributed by atoms with van der Waals surface area (Å²) in [6.45, 7) is 3.15. The van der Waals surface area contributed by atoms with E-state index in [1.54, 1.807) is 12.1 Å². The fourth-order valence-electron chi connectivity index (χ4n) is 1.22. The van der Waals surface area contributed by atoms with Gasteiger partial charge in [-0.15, -0.1) is 0 Å². The number of hydrogen-bond acceptors (Lipinski definition) is 3. The standard InChI is InChI=1S/C11H14BrNO4S/c1-7-3-4-10(9(12)5-7)18(16,17)13-6-8(2)11(14)15/h3-5,8,13H,6H2,1-2H3,(H,14,15). The maximum Gasteiger partial charge on any atom is 0.307 e. The van der Waals surface area contributed by atoms with Gasteiger partial charge < -0.3 is 5.11 Å². The van der Waals surface area contributed by atoms with Crippen molar-refractivity contribution in [3.8, 4) is 0 Å². The van der Waals surface area contributed by atoms with E-state index in [-0.39, 0.29) is 11.4 Å². The molecule has 100 valence electrons. The Morgan fingerprint density at radius 1 is 1.50 bits per heavy atom. The summed E-state index contributed by atoms with van der Waals surface area (Å²) in [5, 5.41) is 8.70. The molecule has 0 fully saturated rings. The third-order valence-electron chi connectivity index (χ3n) is 2.38. The molecule has 0 spiro atoms. The van der Waals surface area contributed by atoms with Crippen LogP contribution in [-0.2, 0) is 14.8 Å². The molecule has 1 unspecified atom stereocenters. The fourth-order valence-corrected chi connectivity index (χ4v) is 3.54. The van der Waals surface area contributed by atoms with Crippen LogP contribution in [0.1, 0.15) is 12.5 Å². The van der Waals surface area contributed by atoms with Crippen LogP contribution >= 0.6 is 15.9 Å². The van der Waals surface area contributed by atoms with Gasteiger partial charge in [0.2, 0.25) is 10.0 Å². The summed E-state index contributed by atoms with van der Waals surface area (Å²) in [5.74, 6) is -1.82. The Labute approximate surface area is 114 Å². The molecule has 1 atom stereocenters. The molecule has 1 aromatic rings. The van der Waals surface area contributed by atoms with E-state index < -0.39 is 21.9 Å². The van der Waals surface area contributed by atoms with Crippen molar-refractivity contribution in [3.63, 3.8) is 0 Å². The van der Waals surface area contributed by atoms with Crippen LogP contribution < -0.4 is 4.72 Å². The molecule has 0 amide bonds. The van der Waals surface area contributed by atoms with Crippen LogP contribution in [0.2, 0.25) is 0 Å². The van der Waals surface area contributed by atoms with Gasteiger partial charge in [-0.25, -0.2) is 13.1 Å². The number of aryl methyl sites for hydroxylation is 1. The lowest BCUT2D eigenvalue weighted by Gasteiger charge is -2.11. The average Bonchev–Trinajstić information content (AvgIpc) is 2.25. The van der Waals surface area contributed by atoms with Crippen molar-refractivity contribution in [2.45, 2.75) is 18.7 Å². The molecule has 2 N–H and O–H groups in total. The van der Waals surface area contributed by atoms with Crippen molar-refractivity contribution in [2.75, 3.05) is 6.54 Å². The second-order valence-corrected chi connectivity index (χ2v) is 6.61. The molecule has 0 saturated carbocycles. The van der Waals surface area contributed by atoms with Gasteiger partial charge in [0.05, 0.1) is 10.8 Å². The van der Waals surface area contributed by atoms with Crippen LogP contribution in [0.25, 0.3) is 0 Å². The molecule has 1 aromatic carbocycles.